The van der Waals surface area contributed by atoms with Gasteiger partial charge in [-0.05, 0) is 39.3 Å². The molecule has 2 nitrogen and oxygen atoms in total. The normalized spacial score (nSPS) is 12.1. The molecule has 0 spiro atoms. The number of hydrogen-bond donors (Lipinski definition) is 1. The third-order valence-corrected chi connectivity index (χ3v) is 2.02. The fourth-order valence-corrected chi connectivity index (χ4v) is 1.37. The molecule has 0 aliphatic carbocycles. The molecule has 1 unspecified atom stereocenters. The first-order chi connectivity index (χ1) is 6.50. The second kappa shape index (κ2) is 5.99. The zero-order chi connectivity index (χ0) is 10.7. The van der Waals surface area contributed by atoms with Crippen molar-refractivity contribution in [2.24, 2.45) is 5.73 Å². The molecule has 0 fully saturated rings. The first-order valence-corrected chi connectivity index (χ1v) is 5.03. The topological polar surface area (TPSA) is 35.2 Å². The van der Waals surface area contributed by atoms with Crippen molar-refractivity contribution in [3.63, 3.8) is 0 Å². The summed E-state index contributed by atoms with van der Waals surface area (Å²) in [5, 5.41) is 0. The number of aryl methyl sites for hydroxylation is 1. The molecule has 0 saturated carbocycles. The summed E-state index contributed by atoms with van der Waals surface area (Å²) in [6.07, 6.45) is 0.189. The molecule has 0 amide bonds. The number of halogens is 1. The van der Waals surface area contributed by atoms with Crippen LogP contribution in [0.5, 0.6) is 5.75 Å². The smallest absolute Gasteiger partial charge is 0.124 e. The van der Waals surface area contributed by atoms with Gasteiger partial charge in [0.15, 0.2) is 0 Å². The van der Waals surface area contributed by atoms with Gasteiger partial charge in [0.05, 0.1) is 6.10 Å². The van der Waals surface area contributed by atoms with Crippen LogP contribution in [0.2, 0.25) is 0 Å². The van der Waals surface area contributed by atoms with E-state index in [2.05, 4.69) is 13.0 Å². The van der Waals surface area contributed by atoms with Crippen molar-refractivity contribution >= 4 is 12.4 Å². The van der Waals surface area contributed by atoms with Crippen molar-refractivity contribution in [3.8, 4) is 5.75 Å². The van der Waals surface area contributed by atoms with E-state index in [9.17, 15) is 0 Å². The molecule has 0 bridgehead atoms. The average molecular weight is 230 g/mol. The van der Waals surface area contributed by atoms with Crippen LogP contribution in [0.3, 0.4) is 0 Å². The standard InChI is InChI=1S/C12H19NO.ClH/c1-8(2)14-12-7-9(3)5-6-11(12)10(4)13;/h5-8,10H,13H2,1-4H3;1H. The van der Waals surface area contributed by atoms with Gasteiger partial charge in [0.25, 0.3) is 0 Å². The molecule has 0 aliphatic rings. The van der Waals surface area contributed by atoms with E-state index in [1.54, 1.807) is 0 Å². The van der Waals surface area contributed by atoms with Gasteiger partial charge in [-0.1, -0.05) is 12.1 Å². The maximum absolute atomic E-state index is 5.86. The van der Waals surface area contributed by atoms with E-state index in [0.29, 0.717) is 0 Å². The maximum atomic E-state index is 5.86. The Kier molecular flexibility index (Phi) is 5.69. The van der Waals surface area contributed by atoms with Gasteiger partial charge in [-0.15, -0.1) is 12.4 Å². The molecule has 0 aromatic heterocycles. The maximum Gasteiger partial charge on any atom is 0.124 e. The van der Waals surface area contributed by atoms with E-state index in [-0.39, 0.29) is 24.6 Å². The number of rotatable bonds is 3. The molecular formula is C12H20ClNO. The van der Waals surface area contributed by atoms with E-state index < -0.39 is 0 Å². The molecule has 1 aromatic carbocycles. The van der Waals surface area contributed by atoms with Gasteiger partial charge in [-0.25, -0.2) is 0 Å². The lowest BCUT2D eigenvalue weighted by Gasteiger charge is -2.16. The van der Waals surface area contributed by atoms with Crippen LogP contribution in [0.1, 0.15) is 37.9 Å². The molecule has 15 heavy (non-hydrogen) atoms. The Balaban J connectivity index is 0.00000196. The predicted molar refractivity (Wildman–Crippen MR) is 66.8 cm³/mol. The molecule has 0 heterocycles. The minimum absolute atomic E-state index is 0. The van der Waals surface area contributed by atoms with Crippen molar-refractivity contribution in [2.45, 2.75) is 39.8 Å². The van der Waals surface area contributed by atoms with Crippen LogP contribution >= 0.6 is 12.4 Å². The van der Waals surface area contributed by atoms with Gasteiger partial charge in [0, 0.05) is 11.6 Å². The molecule has 0 aliphatic heterocycles. The largest absolute Gasteiger partial charge is 0.491 e. The number of nitrogens with two attached hydrogens (primary N) is 1. The fraction of sp³-hybridized carbons (Fsp3) is 0.500. The highest BCUT2D eigenvalue weighted by Gasteiger charge is 2.09. The van der Waals surface area contributed by atoms with Gasteiger partial charge < -0.3 is 10.5 Å². The molecule has 0 radical (unpaired) electrons. The molecule has 86 valence electrons. The van der Waals surface area contributed by atoms with Crippen LogP contribution in [-0.2, 0) is 0 Å². The third kappa shape index (κ3) is 4.10. The van der Waals surface area contributed by atoms with E-state index in [1.807, 2.05) is 32.9 Å². The summed E-state index contributed by atoms with van der Waals surface area (Å²) in [7, 11) is 0. The highest BCUT2D eigenvalue weighted by atomic mass is 35.5. The summed E-state index contributed by atoms with van der Waals surface area (Å²) < 4.78 is 5.71. The fourth-order valence-electron chi connectivity index (χ4n) is 1.37. The lowest BCUT2D eigenvalue weighted by molar-refractivity contribution is 0.239. The van der Waals surface area contributed by atoms with Gasteiger partial charge in [0.1, 0.15) is 5.75 Å². The molecule has 1 aromatic rings. The summed E-state index contributed by atoms with van der Waals surface area (Å²) in [6.45, 7) is 8.07. The van der Waals surface area contributed by atoms with Crippen molar-refractivity contribution in [1.82, 2.24) is 0 Å². The molecule has 2 N–H and O–H groups in total. The summed E-state index contributed by atoms with van der Waals surface area (Å²) in [5.41, 5.74) is 8.13. The Morgan fingerprint density at radius 3 is 2.27 bits per heavy atom. The van der Waals surface area contributed by atoms with Gasteiger partial charge in [0.2, 0.25) is 0 Å². The summed E-state index contributed by atoms with van der Waals surface area (Å²) in [6, 6.07) is 6.16. The van der Waals surface area contributed by atoms with Gasteiger partial charge >= 0.3 is 0 Å². The summed E-state index contributed by atoms with van der Waals surface area (Å²) >= 11 is 0. The van der Waals surface area contributed by atoms with Crippen LogP contribution in [0.4, 0.5) is 0 Å². The Morgan fingerprint density at radius 2 is 1.80 bits per heavy atom. The van der Waals surface area contributed by atoms with Gasteiger partial charge in [-0.3, -0.25) is 0 Å². The van der Waals surface area contributed by atoms with Crippen LogP contribution in [0, 0.1) is 6.92 Å². The Hall–Kier alpha value is -0.730. The van der Waals surface area contributed by atoms with E-state index >= 15 is 0 Å². The molecule has 3 heteroatoms. The van der Waals surface area contributed by atoms with Crippen LogP contribution in [-0.4, -0.2) is 6.10 Å². The van der Waals surface area contributed by atoms with Crippen molar-refractivity contribution < 1.29 is 4.74 Å². The SMILES string of the molecule is Cc1ccc(C(C)N)c(OC(C)C)c1.Cl. The van der Waals surface area contributed by atoms with E-state index in [4.69, 9.17) is 10.5 Å². The predicted octanol–water partition coefficient (Wildman–Crippen LogP) is 3.22. The molecule has 0 saturated heterocycles. The van der Waals surface area contributed by atoms with Crippen LogP contribution in [0.15, 0.2) is 18.2 Å². The van der Waals surface area contributed by atoms with Crippen molar-refractivity contribution in [2.75, 3.05) is 0 Å². The molecule has 1 atom stereocenters. The average Bonchev–Trinajstić information content (AvgIpc) is 2.01. The molecular weight excluding hydrogens is 210 g/mol. The Labute approximate surface area is 98.2 Å². The first kappa shape index (κ1) is 14.3. The highest BCUT2D eigenvalue weighted by Crippen LogP contribution is 2.25. The zero-order valence-electron chi connectivity index (χ0n) is 9.78. The van der Waals surface area contributed by atoms with E-state index in [1.165, 1.54) is 5.56 Å². The number of benzene rings is 1. The number of hydrogen-bond acceptors (Lipinski definition) is 2. The number of ether oxygens (including phenoxy) is 1. The molecule has 1 rings (SSSR count). The van der Waals surface area contributed by atoms with Crippen molar-refractivity contribution in [3.05, 3.63) is 29.3 Å². The second-order valence-corrected chi connectivity index (χ2v) is 4.00. The Bertz CT molecular complexity index is 310. The second-order valence-electron chi connectivity index (χ2n) is 4.00. The Morgan fingerprint density at radius 1 is 1.20 bits per heavy atom. The summed E-state index contributed by atoms with van der Waals surface area (Å²) in [4.78, 5) is 0. The lowest BCUT2D eigenvalue weighted by atomic mass is 10.1. The van der Waals surface area contributed by atoms with Crippen LogP contribution in [0.25, 0.3) is 0 Å². The third-order valence-electron chi connectivity index (χ3n) is 2.02. The quantitative estimate of drug-likeness (QED) is 0.864. The van der Waals surface area contributed by atoms with Crippen LogP contribution < -0.4 is 10.5 Å². The summed E-state index contributed by atoms with van der Waals surface area (Å²) in [5.74, 6) is 0.912. The minimum Gasteiger partial charge on any atom is -0.491 e. The van der Waals surface area contributed by atoms with Crippen molar-refractivity contribution in [1.29, 1.82) is 0 Å². The monoisotopic (exact) mass is 229 g/mol. The van der Waals surface area contributed by atoms with E-state index in [0.717, 1.165) is 11.3 Å². The zero-order valence-corrected chi connectivity index (χ0v) is 10.6. The highest BCUT2D eigenvalue weighted by molar-refractivity contribution is 5.85. The lowest BCUT2D eigenvalue weighted by Crippen LogP contribution is -2.12. The first-order valence-electron chi connectivity index (χ1n) is 5.03. The minimum atomic E-state index is 0. The van der Waals surface area contributed by atoms with Gasteiger partial charge in [-0.2, -0.15) is 0 Å².